The van der Waals surface area contributed by atoms with Crippen molar-refractivity contribution in [3.63, 3.8) is 0 Å². The first-order valence-electron chi connectivity index (χ1n) is 11.9. The molecule has 0 saturated carbocycles. The van der Waals surface area contributed by atoms with Crippen LogP contribution in [-0.4, -0.2) is 47.6 Å². The molecule has 3 heterocycles. The highest BCUT2D eigenvalue weighted by molar-refractivity contribution is 6.76. The minimum absolute atomic E-state index is 0.0840. The van der Waals surface area contributed by atoms with E-state index in [4.69, 9.17) is 21.1 Å². The molecule has 3 aromatic heterocycles. The molecule has 4 aromatic rings. The molecular formula is C26H28ClF2N5O3Si. The molecule has 0 spiro atoms. The quantitative estimate of drug-likeness (QED) is 0.192. The maximum absolute atomic E-state index is 15.1. The molecule has 0 aliphatic rings. The molecule has 0 fully saturated rings. The van der Waals surface area contributed by atoms with Crippen LogP contribution in [0.3, 0.4) is 0 Å². The number of benzene rings is 1. The molecule has 1 amide bonds. The summed E-state index contributed by atoms with van der Waals surface area (Å²) in [7, 11) is 0.130. The highest BCUT2D eigenvalue weighted by Gasteiger charge is 2.20. The minimum Gasteiger partial charge on any atom is -0.445 e. The normalized spacial score (nSPS) is 11.7. The zero-order valence-electron chi connectivity index (χ0n) is 21.5. The van der Waals surface area contributed by atoms with E-state index in [1.54, 1.807) is 22.9 Å². The lowest BCUT2D eigenvalue weighted by Gasteiger charge is -2.15. The molecule has 200 valence electrons. The van der Waals surface area contributed by atoms with E-state index < -0.39 is 25.8 Å². The van der Waals surface area contributed by atoms with Gasteiger partial charge in [-0.1, -0.05) is 31.2 Å². The van der Waals surface area contributed by atoms with Gasteiger partial charge in [0.15, 0.2) is 0 Å². The van der Waals surface area contributed by atoms with Crippen molar-refractivity contribution in [1.29, 1.82) is 0 Å². The Labute approximate surface area is 225 Å². The Hall–Kier alpha value is -3.41. The fourth-order valence-electron chi connectivity index (χ4n) is 3.72. The number of ether oxygens (including phenoxy) is 2. The number of aromatic nitrogens is 4. The lowest BCUT2D eigenvalue weighted by atomic mass is 10.0. The number of hydrogen-bond donors (Lipinski definition) is 1. The average Bonchev–Trinajstić information content (AvgIpc) is 3.22. The van der Waals surface area contributed by atoms with E-state index in [1.807, 2.05) is 0 Å². The van der Waals surface area contributed by atoms with Crippen molar-refractivity contribution in [2.45, 2.75) is 39.0 Å². The Morgan fingerprint density at radius 2 is 1.79 bits per heavy atom. The number of carbonyl (C=O) groups is 1. The summed E-state index contributed by atoms with van der Waals surface area (Å²) >= 11 is 6.02. The average molecular weight is 560 g/mol. The second-order valence-corrected chi connectivity index (χ2v) is 16.0. The number of carbonyl (C=O) groups excluding carboxylic acids is 1. The first-order chi connectivity index (χ1) is 18.1. The van der Waals surface area contributed by atoms with Gasteiger partial charge < -0.3 is 14.8 Å². The third-order valence-corrected chi connectivity index (χ3v) is 7.68. The van der Waals surface area contributed by atoms with Crippen molar-refractivity contribution in [2.24, 2.45) is 0 Å². The molecule has 0 aliphatic heterocycles. The molecule has 1 N–H and O–H groups in total. The number of pyridine rings is 2. The number of nitrogens with zero attached hydrogens (tertiary/aromatic N) is 4. The lowest BCUT2D eigenvalue weighted by Crippen LogP contribution is -2.22. The van der Waals surface area contributed by atoms with E-state index in [0.29, 0.717) is 33.9 Å². The molecule has 0 atom stereocenters. The van der Waals surface area contributed by atoms with E-state index in [9.17, 15) is 4.79 Å². The minimum atomic E-state index is -1.26. The highest BCUT2D eigenvalue weighted by Crippen LogP contribution is 2.33. The van der Waals surface area contributed by atoms with Gasteiger partial charge in [0.25, 0.3) is 0 Å². The Bertz CT molecular complexity index is 1440. The fraction of sp³-hybridized carbons (Fsp3) is 0.308. The maximum atomic E-state index is 15.1. The third-order valence-electron chi connectivity index (χ3n) is 5.75. The number of halogens is 3. The predicted octanol–water partition coefficient (Wildman–Crippen LogP) is 6.26. The van der Waals surface area contributed by atoms with E-state index in [1.165, 1.54) is 19.4 Å². The summed E-state index contributed by atoms with van der Waals surface area (Å²) in [5.74, 6) is -1.67. The van der Waals surface area contributed by atoms with Gasteiger partial charge in [-0.3, -0.25) is 9.97 Å². The number of alkyl carbamates (subject to hydrolysis) is 1. The SMILES string of the molecule is CNC(=O)OCc1cc(F)c(-c2cc3c(-c4ccc(Cl)cn4)nn(COCC[Si](C)(C)C)c3cn2)c(F)c1. The van der Waals surface area contributed by atoms with Crippen LogP contribution < -0.4 is 5.32 Å². The molecule has 0 radical (unpaired) electrons. The Kier molecular flexibility index (Phi) is 8.39. The van der Waals surface area contributed by atoms with Gasteiger partial charge >= 0.3 is 6.09 Å². The summed E-state index contributed by atoms with van der Waals surface area (Å²) in [6.07, 6.45) is 2.32. The molecule has 0 saturated heterocycles. The predicted molar refractivity (Wildman–Crippen MR) is 144 cm³/mol. The third kappa shape index (κ3) is 6.53. The van der Waals surface area contributed by atoms with Gasteiger partial charge in [0, 0.05) is 33.3 Å². The number of rotatable bonds is 9. The van der Waals surface area contributed by atoms with E-state index >= 15 is 8.78 Å². The first-order valence-corrected chi connectivity index (χ1v) is 16.0. The molecular weight excluding hydrogens is 532 g/mol. The van der Waals surface area contributed by atoms with Crippen molar-refractivity contribution in [3.8, 4) is 22.6 Å². The molecule has 1 aromatic carbocycles. The molecule has 0 aliphatic carbocycles. The van der Waals surface area contributed by atoms with Crippen molar-refractivity contribution in [3.05, 3.63) is 64.9 Å². The van der Waals surface area contributed by atoms with Gasteiger partial charge in [-0.15, -0.1) is 0 Å². The van der Waals surface area contributed by atoms with Gasteiger partial charge in [-0.05, 0) is 41.9 Å². The van der Waals surface area contributed by atoms with Crippen molar-refractivity contribution >= 4 is 36.7 Å². The second-order valence-electron chi connectivity index (χ2n) is 9.91. The van der Waals surface area contributed by atoms with Crippen LogP contribution in [0.4, 0.5) is 13.6 Å². The summed E-state index contributed by atoms with van der Waals surface area (Å²) in [5.41, 5.74) is 1.63. The topological polar surface area (TPSA) is 91.2 Å². The monoisotopic (exact) mass is 559 g/mol. The largest absolute Gasteiger partial charge is 0.445 e. The van der Waals surface area contributed by atoms with Crippen molar-refractivity contribution in [2.75, 3.05) is 13.7 Å². The zero-order valence-corrected chi connectivity index (χ0v) is 23.3. The van der Waals surface area contributed by atoms with Gasteiger partial charge in [-0.25, -0.2) is 18.3 Å². The number of fused-ring (bicyclic) bond motifs is 1. The van der Waals surface area contributed by atoms with Crippen LogP contribution in [0.2, 0.25) is 30.7 Å². The Morgan fingerprint density at radius 1 is 1.08 bits per heavy atom. The fourth-order valence-corrected chi connectivity index (χ4v) is 4.58. The van der Waals surface area contributed by atoms with Gasteiger partial charge in [0.1, 0.15) is 30.7 Å². The van der Waals surface area contributed by atoms with Crippen LogP contribution in [0.5, 0.6) is 0 Å². The first kappa shape index (κ1) is 27.6. The van der Waals surface area contributed by atoms with Crippen LogP contribution in [-0.2, 0) is 22.8 Å². The van der Waals surface area contributed by atoms with Crippen molar-refractivity contribution in [1.82, 2.24) is 25.1 Å². The Morgan fingerprint density at radius 3 is 2.42 bits per heavy atom. The molecule has 38 heavy (non-hydrogen) atoms. The van der Waals surface area contributed by atoms with Crippen LogP contribution in [0.1, 0.15) is 5.56 Å². The molecule has 12 heteroatoms. The van der Waals surface area contributed by atoms with E-state index in [0.717, 1.165) is 18.2 Å². The lowest BCUT2D eigenvalue weighted by molar-refractivity contribution is 0.0818. The molecule has 0 bridgehead atoms. The molecule has 4 rings (SSSR count). The summed E-state index contributed by atoms with van der Waals surface area (Å²) in [4.78, 5) is 20.0. The summed E-state index contributed by atoms with van der Waals surface area (Å²) in [6, 6.07) is 8.23. The van der Waals surface area contributed by atoms with Gasteiger partial charge in [-0.2, -0.15) is 5.10 Å². The smallest absolute Gasteiger partial charge is 0.407 e. The van der Waals surface area contributed by atoms with Crippen LogP contribution in [0.25, 0.3) is 33.5 Å². The van der Waals surface area contributed by atoms with Crippen molar-refractivity contribution < 1.29 is 23.0 Å². The van der Waals surface area contributed by atoms with Crippen LogP contribution >= 0.6 is 11.6 Å². The number of amides is 1. The van der Waals surface area contributed by atoms with Crippen LogP contribution in [0.15, 0.2) is 42.7 Å². The highest BCUT2D eigenvalue weighted by atomic mass is 35.5. The molecule has 0 unspecified atom stereocenters. The summed E-state index contributed by atoms with van der Waals surface area (Å²) in [6.45, 7) is 7.33. The standard InChI is InChI=1S/C26H28ClF2N5O3Si/c1-30-26(35)37-14-16-9-19(28)24(20(29)10-16)22-11-18-23(13-32-22)34(15-36-7-8-38(2,3)4)33-25(18)21-6-5-17(27)12-31-21/h5-6,9-13H,7-8,14-15H2,1-4H3,(H,30,35). The maximum Gasteiger partial charge on any atom is 0.407 e. The zero-order chi connectivity index (χ0) is 27.4. The van der Waals surface area contributed by atoms with E-state index in [2.05, 4.69) is 40.0 Å². The summed E-state index contributed by atoms with van der Waals surface area (Å²) < 4.78 is 42.6. The Balaban J connectivity index is 1.72. The van der Waals surface area contributed by atoms with Gasteiger partial charge in [0.2, 0.25) is 0 Å². The number of hydrogen-bond acceptors (Lipinski definition) is 6. The van der Waals surface area contributed by atoms with E-state index in [-0.39, 0.29) is 30.2 Å². The summed E-state index contributed by atoms with van der Waals surface area (Å²) in [5, 5.41) is 8.03. The number of nitrogens with one attached hydrogen (secondary N) is 1. The molecule has 8 nitrogen and oxygen atoms in total. The van der Waals surface area contributed by atoms with Crippen LogP contribution in [0, 0.1) is 11.6 Å². The second kappa shape index (κ2) is 11.5. The van der Waals surface area contributed by atoms with Gasteiger partial charge in [0.05, 0.1) is 33.7 Å².